The summed E-state index contributed by atoms with van der Waals surface area (Å²) in [7, 11) is 0. The van der Waals surface area contributed by atoms with E-state index in [9.17, 15) is 0 Å². The normalized spacial score (nSPS) is 12.2. The Morgan fingerprint density at radius 2 is 1.67 bits per heavy atom. The van der Waals surface area contributed by atoms with Crippen LogP contribution in [0.5, 0.6) is 0 Å². The summed E-state index contributed by atoms with van der Waals surface area (Å²) in [5.41, 5.74) is 0. The molecule has 1 atom stereocenters. The van der Waals surface area contributed by atoms with Crippen LogP contribution in [0.25, 0.3) is 0 Å². The summed E-state index contributed by atoms with van der Waals surface area (Å²) in [4.78, 5) is 16.7. The van der Waals surface area contributed by atoms with Crippen LogP contribution < -0.4 is 0 Å². The molecule has 0 aromatic rings. The summed E-state index contributed by atoms with van der Waals surface area (Å²) >= 11 is 0. The van der Waals surface area contributed by atoms with Gasteiger partial charge >= 0.3 is 0 Å². The zero-order valence-electron chi connectivity index (χ0n) is 11.7. The molecule has 4 heteroatoms. The van der Waals surface area contributed by atoms with Gasteiger partial charge in [0, 0.05) is 2.74 Å². The van der Waals surface area contributed by atoms with Crippen molar-refractivity contribution in [1.29, 1.82) is 10.8 Å². The van der Waals surface area contributed by atoms with Gasteiger partial charge in [-0.2, -0.15) is 0 Å². The van der Waals surface area contributed by atoms with E-state index in [1.165, 1.54) is 0 Å². The Morgan fingerprint density at radius 1 is 1.27 bits per heavy atom. The molecule has 0 amide bonds. The van der Waals surface area contributed by atoms with Crippen LogP contribution in [0.1, 0.15) is 49.7 Å². The summed E-state index contributed by atoms with van der Waals surface area (Å²) in [6, 6.07) is 0. The molecule has 15 heavy (non-hydrogen) atoms. The van der Waals surface area contributed by atoms with E-state index in [1.54, 1.807) is 0 Å². The number of unbranched alkanes of at least 4 members (excludes halogenated alkanes) is 1. The van der Waals surface area contributed by atoms with Crippen LogP contribution in [0.3, 0.4) is 0 Å². The highest BCUT2D eigenvalue weighted by Gasteiger charge is 2.04. The van der Waals surface area contributed by atoms with Crippen LogP contribution in [-0.4, -0.2) is 12.2 Å². The number of hydrogen-bond donors (Lipinski definition) is 2. The third-order valence-electron chi connectivity index (χ3n) is 1.87. The van der Waals surface area contributed by atoms with Gasteiger partial charge in [0.15, 0.2) is 0 Å². The van der Waals surface area contributed by atoms with Gasteiger partial charge in [0.25, 0.3) is 0 Å². The molecule has 0 aromatic carbocycles. The molecule has 0 aliphatic rings. The lowest BCUT2D eigenvalue weighted by molar-refractivity contribution is 0.381. The first kappa shape index (κ1) is 13.8. The van der Waals surface area contributed by atoms with Crippen molar-refractivity contribution >= 4 is 12.2 Å². The third-order valence-corrected chi connectivity index (χ3v) is 1.87. The standard InChI is InChI=1S/C9H20.2CHNO/c1-5-6-7-9(4)8(2)3;2*2-1-3/h8-9H,5-7H2,1-4H3;2*2H/i1D,8D;;. The van der Waals surface area contributed by atoms with Gasteiger partial charge in [-0.3, -0.25) is 0 Å². The van der Waals surface area contributed by atoms with Gasteiger partial charge < -0.3 is 0 Å². The maximum atomic E-state index is 8.35. The number of nitrogens with one attached hydrogen (secondary N) is 2. The van der Waals surface area contributed by atoms with E-state index in [-0.39, 0.29) is 5.89 Å². The van der Waals surface area contributed by atoms with Gasteiger partial charge in [-0.05, 0) is 11.8 Å². The van der Waals surface area contributed by atoms with Crippen molar-refractivity contribution in [2.24, 2.45) is 11.8 Å². The summed E-state index contributed by atoms with van der Waals surface area (Å²) in [5, 5.41) is 10.8. The topological polar surface area (TPSA) is 81.8 Å². The van der Waals surface area contributed by atoms with Crippen molar-refractivity contribution in [2.75, 3.05) is 0 Å². The molecule has 0 saturated heterocycles. The summed E-state index contributed by atoms with van der Waals surface area (Å²) < 4.78 is 14.7. The molecule has 0 saturated carbocycles. The van der Waals surface area contributed by atoms with Crippen LogP contribution in [0, 0.1) is 22.6 Å². The molecule has 0 aliphatic carbocycles. The second-order valence-corrected chi connectivity index (χ2v) is 3.18. The first-order chi connectivity index (χ1) is 7.81. The second-order valence-electron chi connectivity index (χ2n) is 3.18. The van der Waals surface area contributed by atoms with E-state index in [2.05, 4.69) is 6.92 Å². The summed E-state index contributed by atoms with van der Waals surface area (Å²) in [6.45, 7) is 6.57. The fourth-order valence-electron chi connectivity index (χ4n) is 0.739. The molecule has 0 aromatic heterocycles. The van der Waals surface area contributed by atoms with Gasteiger partial charge in [-0.25, -0.2) is 20.4 Å². The number of isocyanates is 2. The van der Waals surface area contributed by atoms with E-state index in [1.807, 2.05) is 13.8 Å². The Hall–Kier alpha value is -1.24. The monoisotopic (exact) mass is 216 g/mol. The molecule has 0 fully saturated rings. The van der Waals surface area contributed by atoms with Crippen molar-refractivity contribution in [3.05, 3.63) is 0 Å². The van der Waals surface area contributed by atoms with Crippen molar-refractivity contribution in [3.63, 3.8) is 0 Å². The Bertz CT molecular complexity index is 216. The van der Waals surface area contributed by atoms with Crippen molar-refractivity contribution in [2.45, 2.75) is 46.9 Å². The van der Waals surface area contributed by atoms with E-state index in [4.69, 9.17) is 23.1 Å². The molecule has 88 valence electrons. The van der Waals surface area contributed by atoms with Crippen molar-refractivity contribution in [1.82, 2.24) is 0 Å². The Kier molecular flexibility index (Phi) is 17.0. The third kappa shape index (κ3) is 32.3. The number of carbonyl (C=O) groups excluding carboxylic acids is 2. The largest absolute Gasteiger partial charge is 0.231 e. The highest BCUT2D eigenvalue weighted by atomic mass is 16.1. The zero-order valence-corrected chi connectivity index (χ0v) is 9.72. The molecule has 0 rings (SSSR count). The van der Waals surface area contributed by atoms with Crippen molar-refractivity contribution in [3.8, 4) is 0 Å². The molecule has 0 spiro atoms. The van der Waals surface area contributed by atoms with Crippen LogP contribution in [0.4, 0.5) is 0 Å². The molecule has 2 N–H and O–H groups in total. The average molecular weight is 216 g/mol. The van der Waals surface area contributed by atoms with Gasteiger partial charge in [-0.15, -0.1) is 0 Å². The van der Waals surface area contributed by atoms with Crippen LogP contribution >= 0.6 is 0 Å². The highest BCUT2D eigenvalue weighted by Crippen LogP contribution is 2.16. The first-order valence-electron chi connectivity index (χ1n) is 5.89. The first-order valence-corrected chi connectivity index (χ1v) is 4.68. The maximum Gasteiger partial charge on any atom is 0.231 e. The second kappa shape index (κ2) is 18.5. The van der Waals surface area contributed by atoms with E-state index in [0.29, 0.717) is 12.8 Å². The smallest absolute Gasteiger partial charge is 0.222 e. The average Bonchev–Trinajstić information content (AvgIpc) is 2.19. The summed E-state index contributed by atoms with van der Waals surface area (Å²) in [6.07, 6.45) is 4.68. The SMILES string of the molecule is N=C=O.N=C=O.[2H]CCCCC(C)C([2H])(C)C. The Balaban J connectivity index is -0.000000273. The zero-order chi connectivity index (χ0) is 14.3. The Labute approximate surface area is 94.9 Å². The van der Waals surface area contributed by atoms with E-state index < -0.39 is 0 Å². The molecule has 0 heterocycles. The lowest BCUT2D eigenvalue weighted by Gasteiger charge is -2.13. The number of hydrogen-bond acceptors (Lipinski definition) is 4. The van der Waals surface area contributed by atoms with E-state index in [0.717, 1.165) is 31.4 Å². The van der Waals surface area contributed by atoms with Gasteiger partial charge in [0.1, 0.15) is 0 Å². The maximum absolute atomic E-state index is 8.35. The van der Waals surface area contributed by atoms with Gasteiger partial charge in [-0.1, -0.05) is 46.9 Å². The van der Waals surface area contributed by atoms with Gasteiger partial charge in [0.2, 0.25) is 12.2 Å². The lowest BCUT2D eigenvalue weighted by atomic mass is 9.93. The molecule has 4 nitrogen and oxygen atoms in total. The van der Waals surface area contributed by atoms with E-state index >= 15 is 0 Å². The lowest BCUT2D eigenvalue weighted by Crippen LogP contribution is -2.02. The van der Waals surface area contributed by atoms with Crippen LogP contribution in [0.15, 0.2) is 0 Å². The minimum Gasteiger partial charge on any atom is -0.222 e. The minimum atomic E-state index is -0.304. The highest BCUT2D eigenvalue weighted by molar-refractivity contribution is 5.26. The minimum absolute atomic E-state index is 0.304. The molecule has 1 unspecified atom stereocenters. The Morgan fingerprint density at radius 3 is 1.93 bits per heavy atom. The fourth-order valence-corrected chi connectivity index (χ4v) is 0.739. The summed E-state index contributed by atoms with van der Waals surface area (Å²) in [5.74, 6) is 0.149. The van der Waals surface area contributed by atoms with Crippen molar-refractivity contribution < 1.29 is 12.3 Å². The molecular formula is C11H22N2O2. The molecule has 0 radical (unpaired) electrons. The quantitative estimate of drug-likeness (QED) is 0.429. The molecule has 0 aliphatic heterocycles. The predicted molar refractivity (Wildman–Crippen MR) is 60.4 cm³/mol. The van der Waals surface area contributed by atoms with Crippen LogP contribution in [-0.2, 0) is 9.59 Å². The van der Waals surface area contributed by atoms with Crippen LogP contribution in [0.2, 0.25) is 0 Å². The molecular weight excluding hydrogens is 192 g/mol. The predicted octanol–water partition coefficient (Wildman–Crippen LogP) is 3.27. The number of rotatable bonds is 4. The fraction of sp³-hybridized carbons (Fsp3) is 0.818. The molecule has 0 bridgehead atoms. The van der Waals surface area contributed by atoms with Gasteiger partial charge in [0.05, 0.1) is 0 Å².